The molecule has 0 bridgehead atoms. The Bertz CT molecular complexity index is 516. The minimum atomic E-state index is -2.95. The summed E-state index contributed by atoms with van der Waals surface area (Å²) in [4.78, 5) is 13.1. The Morgan fingerprint density at radius 1 is 1.24 bits per heavy atom. The average Bonchev–Trinajstić information content (AvgIpc) is 2.56. The number of halogens is 2. The van der Waals surface area contributed by atoms with E-state index in [1.165, 1.54) is 0 Å². The number of sulfone groups is 1. The highest BCUT2D eigenvalue weighted by molar-refractivity contribution is 7.91. The molecule has 0 N–H and O–H groups in total. The fraction of sp³-hybridized carbons (Fsp3) is 0.625. The van der Waals surface area contributed by atoms with Gasteiger partial charge >= 0.3 is 0 Å². The highest BCUT2D eigenvalue weighted by Crippen LogP contribution is 2.21. The SMILES string of the molecule is CN(c1nc(Cl)nc(Cl)n1)C1CCS(=O)(=O)C1. The number of nitrogens with zero attached hydrogens (tertiary/aromatic N) is 4. The van der Waals surface area contributed by atoms with E-state index < -0.39 is 9.84 Å². The van der Waals surface area contributed by atoms with Crippen molar-refractivity contribution in [3.8, 4) is 0 Å². The quantitative estimate of drug-likeness (QED) is 0.803. The Balaban J connectivity index is 2.23. The molecule has 2 heterocycles. The van der Waals surface area contributed by atoms with Gasteiger partial charge in [0.1, 0.15) is 0 Å². The monoisotopic (exact) mass is 296 g/mol. The van der Waals surface area contributed by atoms with Gasteiger partial charge in [-0.1, -0.05) is 0 Å². The first-order chi connectivity index (χ1) is 7.87. The van der Waals surface area contributed by atoms with E-state index in [0.717, 1.165) is 0 Å². The second kappa shape index (κ2) is 4.55. The molecule has 1 aliphatic heterocycles. The van der Waals surface area contributed by atoms with Gasteiger partial charge in [0.15, 0.2) is 9.84 Å². The zero-order valence-corrected chi connectivity index (χ0v) is 11.3. The van der Waals surface area contributed by atoms with Crippen LogP contribution in [0.5, 0.6) is 0 Å². The molecule has 1 aliphatic rings. The molecule has 0 aliphatic carbocycles. The van der Waals surface area contributed by atoms with Gasteiger partial charge in [-0.25, -0.2) is 8.42 Å². The second-order valence-electron chi connectivity index (χ2n) is 3.84. The molecular formula is C8H10Cl2N4O2S. The van der Waals surface area contributed by atoms with Crippen LogP contribution in [-0.2, 0) is 9.84 Å². The van der Waals surface area contributed by atoms with Crippen molar-refractivity contribution in [3.05, 3.63) is 10.6 Å². The van der Waals surface area contributed by atoms with Gasteiger partial charge in [-0.05, 0) is 29.6 Å². The Morgan fingerprint density at radius 3 is 2.29 bits per heavy atom. The van der Waals surface area contributed by atoms with Crippen LogP contribution in [0.1, 0.15) is 6.42 Å². The number of rotatable bonds is 2. The molecule has 1 saturated heterocycles. The van der Waals surface area contributed by atoms with E-state index in [0.29, 0.717) is 6.42 Å². The van der Waals surface area contributed by atoms with Crippen LogP contribution in [0.15, 0.2) is 0 Å². The van der Waals surface area contributed by atoms with Crippen LogP contribution in [0.4, 0.5) is 5.95 Å². The summed E-state index contributed by atoms with van der Waals surface area (Å²) in [6.07, 6.45) is 0.555. The Labute approximate surface area is 109 Å². The molecule has 6 nitrogen and oxygen atoms in total. The summed E-state index contributed by atoms with van der Waals surface area (Å²) in [6.45, 7) is 0. The van der Waals surface area contributed by atoms with Crippen molar-refractivity contribution in [1.29, 1.82) is 0 Å². The molecule has 1 fully saturated rings. The molecule has 0 spiro atoms. The molecule has 0 saturated carbocycles. The van der Waals surface area contributed by atoms with Crippen LogP contribution in [0.25, 0.3) is 0 Å². The molecule has 1 unspecified atom stereocenters. The smallest absolute Gasteiger partial charge is 0.230 e. The van der Waals surface area contributed by atoms with E-state index >= 15 is 0 Å². The van der Waals surface area contributed by atoms with E-state index in [2.05, 4.69) is 15.0 Å². The van der Waals surface area contributed by atoms with Crippen molar-refractivity contribution in [2.75, 3.05) is 23.5 Å². The van der Waals surface area contributed by atoms with Gasteiger partial charge in [-0.2, -0.15) is 15.0 Å². The van der Waals surface area contributed by atoms with Gasteiger partial charge in [0.2, 0.25) is 16.5 Å². The van der Waals surface area contributed by atoms with Crippen molar-refractivity contribution in [2.45, 2.75) is 12.5 Å². The van der Waals surface area contributed by atoms with Crippen LogP contribution in [-0.4, -0.2) is 48.0 Å². The lowest BCUT2D eigenvalue weighted by atomic mass is 10.2. The maximum absolute atomic E-state index is 11.4. The summed E-state index contributed by atoms with van der Waals surface area (Å²) in [7, 11) is -1.23. The zero-order valence-electron chi connectivity index (χ0n) is 8.97. The average molecular weight is 297 g/mol. The third kappa shape index (κ3) is 2.97. The van der Waals surface area contributed by atoms with Crippen LogP contribution in [0, 0.1) is 0 Å². The van der Waals surface area contributed by atoms with Gasteiger partial charge in [-0.15, -0.1) is 0 Å². The first-order valence-electron chi connectivity index (χ1n) is 4.88. The standard InChI is InChI=1S/C8H10Cl2N4O2S/c1-14(5-2-3-17(15,16)4-5)8-12-6(9)11-7(10)13-8/h5H,2-4H2,1H3. The van der Waals surface area contributed by atoms with Gasteiger partial charge in [0.05, 0.1) is 11.5 Å². The largest absolute Gasteiger partial charge is 0.340 e. The fourth-order valence-electron chi connectivity index (χ4n) is 1.72. The third-order valence-electron chi connectivity index (χ3n) is 2.64. The molecular weight excluding hydrogens is 287 g/mol. The van der Waals surface area contributed by atoms with Crippen LogP contribution in [0.2, 0.25) is 10.6 Å². The lowest BCUT2D eigenvalue weighted by Crippen LogP contribution is -2.34. The molecule has 9 heteroatoms. The minimum absolute atomic E-state index is 0.00676. The number of anilines is 1. The summed E-state index contributed by atoms with van der Waals surface area (Å²) < 4.78 is 22.8. The highest BCUT2D eigenvalue weighted by atomic mass is 35.5. The zero-order chi connectivity index (χ0) is 12.6. The van der Waals surface area contributed by atoms with Crippen molar-refractivity contribution < 1.29 is 8.42 Å². The highest BCUT2D eigenvalue weighted by Gasteiger charge is 2.32. The maximum atomic E-state index is 11.4. The second-order valence-corrected chi connectivity index (χ2v) is 6.75. The summed E-state index contributed by atoms with van der Waals surface area (Å²) in [5.41, 5.74) is 0. The predicted octanol–water partition coefficient (Wildman–Crippen LogP) is 0.802. The van der Waals surface area contributed by atoms with Crippen molar-refractivity contribution in [1.82, 2.24) is 15.0 Å². The fourth-order valence-corrected chi connectivity index (χ4v) is 3.85. The molecule has 1 aromatic rings. The Morgan fingerprint density at radius 2 is 1.82 bits per heavy atom. The van der Waals surface area contributed by atoms with Gasteiger partial charge < -0.3 is 4.90 Å². The summed E-state index contributed by atoms with van der Waals surface area (Å²) in [6, 6.07) is -0.144. The van der Waals surface area contributed by atoms with E-state index in [-0.39, 0.29) is 34.1 Å². The molecule has 0 radical (unpaired) electrons. The third-order valence-corrected chi connectivity index (χ3v) is 4.73. The van der Waals surface area contributed by atoms with Crippen LogP contribution < -0.4 is 4.90 Å². The van der Waals surface area contributed by atoms with Crippen molar-refractivity contribution in [2.24, 2.45) is 0 Å². The van der Waals surface area contributed by atoms with Gasteiger partial charge in [-0.3, -0.25) is 0 Å². The Kier molecular flexibility index (Phi) is 3.42. The molecule has 0 amide bonds. The van der Waals surface area contributed by atoms with E-state index in [9.17, 15) is 8.42 Å². The molecule has 17 heavy (non-hydrogen) atoms. The Hall–Kier alpha value is -0.660. The van der Waals surface area contributed by atoms with Crippen molar-refractivity contribution >= 4 is 39.0 Å². The van der Waals surface area contributed by atoms with Gasteiger partial charge in [0.25, 0.3) is 0 Å². The summed E-state index contributed by atoms with van der Waals surface area (Å²) in [5.74, 6) is 0.580. The minimum Gasteiger partial charge on any atom is -0.340 e. The summed E-state index contributed by atoms with van der Waals surface area (Å²) >= 11 is 11.3. The van der Waals surface area contributed by atoms with Crippen LogP contribution >= 0.6 is 23.2 Å². The summed E-state index contributed by atoms with van der Waals surface area (Å²) in [5, 5.41) is -0.0135. The molecule has 2 rings (SSSR count). The molecule has 0 aromatic carbocycles. The normalized spacial score (nSPS) is 22.6. The lowest BCUT2D eigenvalue weighted by molar-refractivity contribution is 0.600. The first kappa shape index (κ1) is 12.8. The topological polar surface area (TPSA) is 76.1 Å². The van der Waals surface area contributed by atoms with E-state index in [4.69, 9.17) is 23.2 Å². The van der Waals surface area contributed by atoms with Gasteiger partial charge in [0, 0.05) is 13.1 Å². The predicted molar refractivity (Wildman–Crippen MR) is 65.3 cm³/mol. The van der Waals surface area contributed by atoms with E-state index in [1.54, 1.807) is 11.9 Å². The van der Waals surface area contributed by atoms with Crippen molar-refractivity contribution in [3.63, 3.8) is 0 Å². The lowest BCUT2D eigenvalue weighted by Gasteiger charge is -2.22. The maximum Gasteiger partial charge on any atom is 0.230 e. The molecule has 1 atom stereocenters. The first-order valence-corrected chi connectivity index (χ1v) is 7.45. The molecule has 94 valence electrons. The molecule has 1 aromatic heterocycles. The number of hydrogen-bond donors (Lipinski definition) is 0. The number of hydrogen-bond acceptors (Lipinski definition) is 6. The number of aromatic nitrogens is 3. The van der Waals surface area contributed by atoms with Crippen LogP contribution in [0.3, 0.4) is 0 Å². The van der Waals surface area contributed by atoms with E-state index in [1.807, 2.05) is 0 Å².